The lowest BCUT2D eigenvalue weighted by Crippen LogP contribution is -2.40. The first-order valence-electron chi connectivity index (χ1n) is 10.5. The maximum atomic E-state index is 12.8. The molecule has 0 bridgehead atoms. The number of nitrogens with zero attached hydrogens (tertiary/aromatic N) is 3. The van der Waals surface area contributed by atoms with Crippen LogP contribution >= 0.6 is 0 Å². The summed E-state index contributed by atoms with van der Waals surface area (Å²) in [5, 5.41) is 0. The van der Waals surface area contributed by atoms with Crippen molar-refractivity contribution in [1.29, 1.82) is 0 Å². The molecule has 1 saturated heterocycles. The molecule has 1 unspecified atom stereocenters. The predicted octanol–water partition coefficient (Wildman–Crippen LogP) is 1.94. The third-order valence-electron chi connectivity index (χ3n) is 5.97. The topological polar surface area (TPSA) is 78.5 Å². The Morgan fingerprint density at radius 2 is 2.29 bits per heavy atom. The van der Waals surface area contributed by atoms with Gasteiger partial charge in [-0.1, -0.05) is 13.0 Å². The van der Waals surface area contributed by atoms with Crippen LogP contribution in [0.1, 0.15) is 62.2 Å². The molecule has 1 amide bonds. The molecule has 0 aliphatic carbocycles. The summed E-state index contributed by atoms with van der Waals surface area (Å²) in [6.07, 6.45) is 7.41. The van der Waals surface area contributed by atoms with Crippen LogP contribution in [-0.2, 0) is 22.5 Å². The van der Waals surface area contributed by atoms with Crippen LogP contribution in [0.3, 0.4) is 0 Å². The molecule has 0 radical (unpaired) electrons. The van der Waals surface area contributed by atoms with Crippen molar-refractivity contribution < 1.29 is 9.53 Å². The Morgan fingerprint density at radius 1 is 1.39 bits per heavy atom. The van der Waals surface area contributed by atoms with Crippen molar-refractivity contribution in [3.8, 4) is 0 Å². The van der Waals surface area contributed by atoms with Crippen LogP contribution in [0.2, 0.25) is 0 Å². The van der Waals surface area contributed by atoms with E-state index >= 15 is 0 Å². The number of carbonyl (C=O) groups excluding carboxylic acids is 1. The van der Waals surface area contributed by atoms with E-state index in [1.54, 1.807) is 4.90 Å². The van der Waals surface area contributed by atoms with Crippen LogP contribution in [0.4, 0.5) is 0 Å². The van der Waals surface area contributed by atoms with E-state index in [9.17, 15) is 9.59 Å². The molecule has 3 aliphatic heterocycles. The summed E-state index contributed by atoms with van der Waals surface area (Å²) >= 11 is 0. The van der Waals surface area contributed by atoms with Gasteiger partial charge in [0.05, 0.1) is 37.1 Å². The number of hydrogen-bond donors (Lipinski definition) is 1. The van der Waals surface area contributed by atoms with E-state index in [2.05, 4.69) is 16.0 Å². The van der Waals surface area contributed by atoms with E-state index in [4.69, 9.17) is 9.72 Å². The quantitative estimate of drug-likeness (QED) is 0.783. The Kier molecular flexibility index (Phi) is 5.92. The number of rotatable bonds is 5. The Balaban J connectivity index is 1.52. The van der Waals surface area contributed by atoms with Gasteiger partial charge in [-0.25, -0.2) is 4.98 Å². The van der Waals surface area contributed by atoms with Crippen LogP contribution in [0.25, 0.3) is 0 Å². The first-order valence-corrected chi connectivity index (χ1v) is 10.5. The maximum absolute atomic E-state index is 12.8. The average Bonchev–Trinajstić information content (AvgIpc) is 3.17. The molecule has 0 aromatic carbocycles. The van der Waals surface area contributed by atoms with Gasteiger partial charge in [0.2, 0.25) is 5.91 Å². The molecule has 28 heavy (non-hydrogen) atoms. The lowest BCUT2D eigenvalue weighted by atomic mass is 10.1. The fraction of sp³-hybridized carbons (Fsp3) is 0.667. The number of amides is 1. The molecule has 7 heteroatoms. The second-order valence-corrected chi connectivity index (χ2v) is 8.02. The van der Waals surface area contributed by atoms with Crippen LogP contribution in [0.5, 0.6) is 0 Å². The molecule has 7 nitrogen and oxygen atoms in total. The molecule has 1 fully saturated rings. The third kappa shape index (κ3) is 4.05. The van der Waals surface area contributed by atoms with E-state index in [0.717, 1.165) is 56.9 Å². The number of ether oxygens (including phenoxy) is 1. The third-order valence-corrected chi connectivity index (χ3v) is 5.97. The van der Waals surface area contributed by atoms with Crippen molar-refractivity contribution in [1.82, 2.24) is 19.8 Å². The van der Waals surface area contributed by atoms with Crippen molar-refractivity contribution >= 4 is 5.91 Å². The number of aromatic amines is 1. The van der Waals surface area contributed by atoms with Gasteiger partial charge in [-0.05, 0) is 37.8 Å². The number of aromatic nitrogens is 2. The molecule has 152 valence electrons. The van der Waals surface area contributed by atoms with E-state index in [0.29, 0.717) is 38.1 Å². The van der Waals surface area contributed by atoms with E-state index in [1.807, 2.05) is 6.92 Å². The second-order valence-electron chi connectivity index (χ2n) is 8.02. The number of carbonyl (C=O) groups is 1. The summed E-state index contributed by atoms with van der Waals surface area (Å²) in [6, 6.07) is 0.153. The predicted molar refractivity (Wildman–Crippen MR) is 106 cm³/mol. The molecule has 1 atom stereocenters. The Hall–Kier alpha value is -1.99. The fourth-order valence-corrected chi connectivity index (χ4v) is 4.49. The van der Waals surface area contributed by atoms with Gasteiger partial charge >= 0.3 is 0 Å². The van der Waals surface area contributed by atoms with Crippen LogP contribution < -0.4 is 5.56 Å². The van der Waals surface area contributed by atoms with Crippen LogP contribution in [0.15, 0.2) is 16.4 Å². The first kappa shape index (κ1) is 19.3. The molecule has 1 aromatic rings. The molecule has 0 saturated carbocycles. The highest BCUT2D eigenvalue weighted by atomic mass is 16.5. The fourth-order valence-electron chi connectivity index (χ4n) is 4.49. The lowest BCUT2D eigenvalue weighted by Gasteiger charge is -2.30. The highest BCUT2D eigenvalue weighted by Crippen LogP contribution is 2.31. The van der Waals surface area contributed by atoms with Gasteiger partial charge < -0.3 is 14.6 Å². The smallest absolute Gasteiger partial charge is 0.256 e. The molecule has 0 spiro atoms. The van der Waals surface area contributed by atoms with Crippen molar-refractivity contribution in [2.24, 2.45) is 0 Å². The summed E-state index contributed by atoms with van der Waals surface area (Å²) in [4.78, 5) is 37.1. The van der Waals surface area contributed by atoms with Crippen LogP contribution in [0, 0.1) is 0 Å². The number of fused-ring (bicyclic) bond motifs is 1. The minimum absolute atomic E-state index is 0.0823. The minimum atomic E-state index is -0.0823. The zero-order valence-corrected chi connectivity index (χ0v) is 16.7. The van der Waals surface area contributed by atoms with Crippen molar-refractivity contribution in [3.63, 3.8) is 0 Å². The first-order chi connectivity index (χ1) is 13.7. The van der Waals surface area contributed by atoms with E-state index in [-0.39, 0.29) is 17.5 Å². The standard InChI is InChI=1S/C21H30N4O3/c1-2-5-19(26)25-10-8-17-16(13-25)21(27)23-20(22-17)18-7-3-9-24(18)12-15-6-4-11-28-14-15/h6,18H,2-5,7-14H2,1H3,(H,22,23,27). The highest BCUT2D eigenvalue weighted by molar-refractivity contribution is 5.76. The maximum Gasteiger partial charge on any atom is 0.256 e. The van der Waals surface area contributed by atoms with Crippen molar-refractivity contribution in [2.45, 2.75) is 58.0 Å². The zero-order chi connectivity index (χ0) is 19.5. The number of H-pyrrole nitrogens is 1. The average molecular weight is 386 g/mol. The molecule has 1 N–H and O–H groups in total. The highest BCUT2D eigenvalue weighted by Gasteiger charge is 2.31. The van der Waals surface area contributed by atoms with Crippen LogP contribution in [-0.4, -0.2) is 58.5 Å². The molecule has 3 aliphatic rings. The Labute approximate surface area is 165 Å². The van der Waals surface area contributed by atoms with Gasteiger partial charge in [-0.2, -0.15) is 0 Å². The number of likely N-dealkylation sites (tertiary alicyclic amines) is 1. The Morgan fingerprint density at radius 3 is 3.07 bits per heavy atom. The monoisotopic (exact) mass is 386 g/mol. The van der Waals surface area contributed by atoms with Gasteiger partial charge in [0.15, 0.2) is 0 Å². The number of nitrogens with one attached hydrogen (secondary N) is 1. The number of hydrogen-bond acceptors (Lipinski definition) is 5. The summed E-state index contributed by atoms with van der Waals surface area (Å²) in [5.41, 5.74) is 2.77. The van der Waals surface area contributed by atoms with Crippen molar-refractivity contribution in [2.75, 3.05) is 32.8 Å². The van der Waals surface area contributed by atoms with Gasteiger partial charge in [0, 0.05) is 25.9 Å². The molecule has 4 rings (SSSR count). The normalized spacial score (nSPS) is 22.8. The lowest BCUT2D eigenvalue weighted by molar-refractivity contribution is -0.132. The summed E-state index contributed by atoms with van der Waals surface area (Å²) in [6.45, 7) is 6.45. The summed E-state index contributed by atoms with van der Waals surface area (Å²) < 4.78 is 5.57. The van der Waals surface area contributed by atoms with Gasteiger partial charge in [0.1, 0.15) is 5.82 Å². The Bertz CT molecular complexity index is 816. The van der Waals surface area contributed by atoms with E-state index in [1.165, 1.54) is 5.57 Å². The van der Waals surface area contributed by atoms with Gasteiger partial charge in [-0.15, -0.1) is 0 Å². The molecule has 4 heterocycles. The minimum Gasteiger partial charge on any atom is -0.377 e. The van der Waals surface area contributed by atoms with Gasteiger partial charge in [-0.3, -0.25) is 14.5 Å². The molecule has 1 aromatic heterocycles. The zero-order valence-electron chi connectivity index (χ0n) is 16.7. The largest absolute Gasteiger partial charge is 0.377 e. The summed E-state index contributed by atoms with van der Waals surface area (Å²) in [7, 11) is 0. The SMILES string of the molecule is CCCC(=O)N1CCc2nc(C3CCCN3CC3=CCCOC3)[nH]c(=O)c2C1. The van der Waals surface area contributed by atoms with Crippen molar-refractivity contribution in [3.05, 3.63) is 39.1 Å². The second kappa shape index (κ2) is 8.57. The van der Waals surface area contributed by atoms with Gasteiger partial charge in [0.25, 0.3) is 5.56 Å². The van der Waals surface area contributed by atoms with E-state index < -0.39 is 0 Å². The summed E-state index contributed by atoms with van der Waals surface area (Å²) in [5.74, 6) is 0.911. The molecular weight excluding hydrogens is 356 g/mol. The molecular formula is C21H30N4O3.